The molecular formula is C22H26F2O2. The number of hydrogen-bond acceptors (Lipinski definition) is 2. The summed E-state index contributed by atoms with van der Waals surface area (Å²) in [7, 11) is 0. The zero-order valence-electron chi connectivity index (χ0n) is 15.4. The average Bonchev–Trinajstić information content (AvgIpc) is 2.67. The van der Waals surface area contributed by atoms with E-state index in [-0.39, 0.29) is 17.4 Å². The molecule has 0 bridgehead atoms. The quantitative estimate of drug-likeness (QED) is 0.602. The molecule has 0 amide bonds. The largest absolute Gasteiger partial charge is 0.491 e. The summed E-state index contributed by atoms with van der Waals surface area (Å²) in [5.74, 6) is -1.20. The fourth-order valence-corrected chi connectivity index (χ4v) is 3.60. The summed E-state index contributed by atoms with van der Waals surface area (Å²) >= 11 is 0. The van der Waals surface area contributed by atoms with E-state index < -0.39 is 11.6 Å². The molecule has 0 N–H and O–H groups in total. The van der Waals surface area contributed by atoms with Gasteiger partial charge >= 0.3 is 0 Å². The third kappa shape index (κ3) is 4.07. The molecule has 0 spiro atoms. The second kappa shape index (κ2) is 8.63. The van der Waals surface area contributed by atoms with Crippen molar-refractivity contribution in [1.29, 1.82) is 0 Å². The number of hydrogen-bond donors (Lipinski definition) is 0. The molecule has 0 unspecified atom stereocenters. The van der Waals surface area contributed by atoms with Crippen LogP contribution in [-0.4, -0.2) is 13.2 Å². The highest BCUT2D eigenvalue weighted by Crippen LogP contribution is 2.34. The molecule has 2 atom stereocenters. The third-order valence-corrected chi connectivity index (χ3v) is 5.01. The van der Waals surface area contributed by atoms with Crippen molar-refractivity contribution in [3.05, 3.63) is 53.6 Å². The lowest BCUT2D eigenvalue weighted by Gasteiger charge is -2.29. The fourth-order valence-electron chi connectivity index (χ4n) is 3.60. The standard InChI is InChI=1S/C22H26F2O2/c1-3-5-15-6-12-19(26-14-15)17-9-7-16(8-10-17)18-11-13-20(25-4-2)22(24)21(18)23/h7-11,13,15,19H,3-6,12,14H2,1-2H3/t15-,19+/m1/s1. The number of ether oxygens (including phenoxy) is 2. The van der Waals surface area contributed by atoms with Crippen LogP contribution in [0.4, 0.5) is 8.78 Å². The molecule has 1 saturated heterocycles. The predicted octanol–water partition coefficient (Wildman–Crippen LogP) is 6.30. The van der Waals surface area contributed by atoms with Crippen LogP contribution in [0, 0.1) is 17.6 Å². The van der Waals surface area contributed by atoms with Gasteiger partial charge in [-0.3, -0.25) is 0 Å². The number of rotatable bonds is 6. The summed E-state index contributed by atoms with van der Waals surface area (Å²) in [4.78, 5) is 0. The molecule has 2 aromatic rings. The summed E-state index contributed by atoms with van der Waals surface area (Å²) in [5.41, 5.74) is 1.98. The maximum Gasteiger partial charge on any atom is 0.201 e. The van der Waals surface area contributed by atoms with Crippen molar-refractivity contribution in [1.82, 2.24) is 0 Å². The van der Waals surface area contributed by atoms with E-state index >= 15 is 0 Å². The highest BCUT2D eigenvalue weighted by atomic mass is 19.2. The topological polar surface area (TPSA) is 18.5 Å². The maximum absolute atomic E-state index is 14.4. The summed E-state index contributed by atoms with van der Waals surface area (Å²) in [6.07, 6.45) is 4.69. The molecule has 1 aliphatic rings. The first-order valence-corrected chi connectivity index (χ1v) is 9.46. The van der Waals surface area contributed by atoms with E-state index in [1.165, 1.54) is 25.3 Å². The lowest BCUT2D eigenvalue weighted by atomic mass is 9.91. The van der Waals surface area contributed by atoms with Gasteiger partial charge in [-0.15, -0.1) is 0 Å². The minimum Gasteiger partial charge on any atom is -0.491 e. The van der Waals surface area contributed by atoms with Gasteiger partial charge in [0.05, 0.1) is 19.3 Å². The van der Waals surface area contributed by atoms with Crippen molar-refractivity contribution in [3.8, 4) is 16.9 Å². The van der Waals surface area contributed by atoms with Crippen LogP contribution in [0.5, 0.6) is 5.75 Å². The second-order valence-electron chi connectivity index (χ2n) is 6.85. The molecule has 0 aliphatic carbocycles. The maximum atomic E-state index is 14.4. The molecule has 1 aliphatic heterocycles. The Bertz CT molecular complexity index is 720. The first-order chi connectivity index (χ1) is 12.6. The first kappa shape index (κ1) is 18.8. The highest BCUT2D eigenvalue weighted by Gasteiger charge is 2.22. The van der Waals surface area contributed by atoms with Crippen LogP contribution in [0.15, 0.2) is 36.4 Å². The Labute approximate surface area is 154 Å². The molecule has 2 nitrogen and oxygen atoms in total. The molecule has 26 heavy (non-hydrogen) atoms. The Hall–Kier alpha value is -1.94. The molecule has 2 aromatic carbocycles. The summed E-state index contributed by atoms with van der Waals surface area (Å²) in [5, 5.41) is 0. The van der Waals surface area contributed by atoms with Gasteiger partial charge in [0.1, 0.15) is 0 Å². The van der Waals surface area contributed by atoms with E-state index in [9.17, 15) is 8.78 Å². The lowest BCUT2D eigenvalue weighted by molar-refractivity contribution is -0.0194. The second-order valence-corrected chi connectivity index (χ2v) is 6.85. The molecule has 3 rings (SSSR count). The Morgan fingerprint density at radius 1 is 1.00 bits per heavy atom. The minimum absolute atomic E-state index is 0.0531. The van der Waals surface area contributed by atoms with Gasteiger partial charge in [0.15, 0.2) is 11.6 Å². The predicted molar refractivity (Wildman–Crippen MR) is 99.3 cm³/mol. The van der Waals surface area contributed by atoms with Gasteiger partial charge < -0.3 is 9.47 Å². The smallest absolute Gasteiger partial charge is 0.201 e. The third-order valence-electron chi connectivity index (χ3n) is 5.01. The highest BCUT2D eigenvalue weighted by molar-refractivity contribution is 5.65. The molecular weight excluding hydrogens is 334 g/mol. The van der Waals surface area contributed by atoms with Gasteiger partial charge in [0, 0.05) is 5.56 Å². The van der Waals surface area contributed by atoms with Gasteiger partial charge in [-0.05, 0) is 55.4 Å². The van der Waals surface area contributed by atoms with Crippen molar-refractivity contribution in [2.75, 3.05) is 13.2 Å². The van der Waals surface area contributed by atoms with Gasteiger partial charge in [-0.25, -0.2) is 4.39 Å². The van der Waals surface area contributed by atoms with Crippen LogP contribution >= 0.6 is 0 Å². The number of halogens is 2. The van der Waals surface area contributed by atoms with Crippen molar-refractivity contribution in [3.63, 3.8) is 0 Å². The van der Waals surface area contributed by atoms with Crippen molar-refractivity contribution >= 4 is 0 Å². The Kier molecular flexibility index (Phi) is 6.25. The van der Waals surface area contributed by atoms with Gasteiger partial charge in [0.2, 0.25) is 5.82 Å². The average molecular weight is 360 g/mol. The summed E-state index contributed by atoms with van der Waals surface area (Å²) < 4.78 is 39.6. The lowest BCUT2D eigenvalue weighted by Crippen LogP contribution is -2.20. The molecule has 4 heteroatoms. The summed E-state index contributed by atoms with van der Waals surface area (Å²) in [6, 6.07) is 10.6. The van der Waals surface area contributed by atoms with Crippen molar-refractivity contribution < 1.29 is 18.3 Å². The van der Waals surface area contributed by atoms with Crippen LogP contribution in [-0.2, 0) is 4.74 Å². The Balaban J connectivity index is 1.73. The van der Waals surface area contributed by atoms with E-state index in [1.807, 2.05) is 24.3 Å². The van der Waals surface area contributed by atoms with E-state index in [4.69, 9.17) is 9.47 Å². The van der Waals surface area contributed by atoms with E-state index in [0.717, 1.165) is 18.6 Å². The minimum atomic E-state index is -0.939. The fraction of sp³-hybridized carbons (Fsp3) is 0.455. The molecule has 140 valence electrons. The van der Waals surface area contributed by atoms with Gasteiger partial charge in [-0.1, -0.05) is 37.6 Å². The Morgan fingerprint density at radius 2 is 1.77 bits per heavy atom. The zero-order chi connectivity index (χ0) is 18.5. The van der Waals surface area contributed by atoms with Crippen molar-refractivity contribution in [2.24, 2.45) is 5.92 Å². The van der Waals surface area contributed by atoms with Gasteiger partial charge in [0.25, 0.3) is 0 Å². The normalized spacial score (nSPS) is 20.2. The monoisotopic (exact) mass is 360 g/mol. The van der Waals surface area contributed by atoms with Crippen LogP contribution in [0.1, 0.15) is 51.2 Å². The van der Waals surface area contributed by atoms with Gasteiger partial charge in [-0.2, -0.15) is 4.39 Å². The van der Waals surface area contributed by atoms with Crippen LogP contribution in [0.3, 0.4) is 0 Å². The number of benzene rings is 2. The van der Waals surface area contributed by atoms with Crippen LogP contribution in [0.25, 0.3) is 11.1 Å². The summed E-state index contributed by atoms with van der Waals surface area (Å²) in [6.45, 7) is 5.04. The van der Waals surface area contributed by atoms with E-state index in [0.29, 0.717) is 18.1 Å². The SMILES string of the molecule is CCC[C@@H]1CC[C@@H](c2ccc(-c3ccc(OCC)c(F)c3F)cc2)OC1. The molecule has 0 aromatic heterocycles. The zero-order valence-corrected chi connectivity index (χ0v) is 15.4. The first-order valence-electron chi connectivity index (χ1n) is 9.46. The molecule has 0 radical (unpaired) electrons. The van der Waals surface area contributed by atoms with Crippen LogP contribution < -0.4 is 4.74 Å². The Morgan fingerprint density at radius 3 is 2.38 bits per heavy atom. The molecule has 0 saturated carbocycles. The van der Waals surface area contributed by atoms with Crippen LogP contribution in [0.2, 0.25) is 0 Å². The molecule has 1 heterocycles. The molecule has 1 fully saturated rings. The van der Waals surface area contributed by atoms with E-state index in [2.05, 4.69) is 6.92 Å². The van der Waals surface area contributed by atoms with E-state index in [1.54, 1.807) is 13.0 Å². The van der Waals surface area contributed by atoms with Crippen molar-refractivity contribution in [2.45, 2.75) is 45.6 Å².